The van der Waals surface area contributed by atoms with Crippen LogP contribution >= 0.6 is 0 Å². The van der Waals surface area contributed by atoms with Crippen LogP contribution in [-0.4, -0.2) is 29.3 Å². The number of piperidine rings is 1. The first kappa shape index (κ1) is 4.77. The molecule has 0 amide bonds. The predicted octanol–water partition coefficient (Wildman–Crippen LogP) is 0.0304. The molecule has 2 fully saturated rings. The van der Waals surface area contributed by atoms with Crippen LogP contribution in [0, 0.1) is 5.92 Å². The van der Waals surface area contributed by atoms with E-state index in [0.29, 0.717) is 5.92 Å². The molecule has 46 valence electrons. The number of nitrogens with zero attached hydrogens (tertiary/aromatic N) is 1. The van der Waals surface area contributed by atoms with Crippen LogP contribution in [-0.2, 0) is 0 Å². The maximum absolute atomic E-state index is 9.25. The predicted molar refractivity (Wildman–Crippen MR) is 30.3 cm³/mol. The van der Waals surface area contributed by atoms with Gasteiger partial charge in [0, 0.05) is 19.0 Å². The van der Waals surface area contributed by atoms with Gasteiger partial charge in [-0.05, 0) is 12.8 Å². The Bertz CT molecular complexity index is 84.7. The summed E-state index contributed by atoms with van der Waals surface area (Å²) in [6.45, 7) is 2.26. The lowest BCUT2D eigenvalue weighted by Gasteiger charge is -2.11. The van der Waals surface area contributed by atoms with Gasteiger partial charge >= 0.3 is 0 Å². The van der Waals surface area contributed by atoms with Crippen molar-refractivity contribution in [3.05, 3.63) is 0 Å². The fourth-order valence-corrected chi connectivity index (χ4v) is 1.78. The minimum atomic E-state index is -0.0741. The molecule has 2 heterocycles. The van der Waals surface area contributed by atoms with E-state index < -0.39 is 0 Å². The Morgan fingerprint density at radius 2 is 1.88 bits per heavy atom. The lowest BCUT2D eigenvalue weighted by atomic mass is 10.1. The molecule has 2 bridgehead atoms. The van der Waals surface area contributed by atoms with Crippen LogP contribution in [0.15, 0.2) is 0 Å². The monoisotopic (exact) mass is 113 g/mol. The largest absolute Gasteiger partial charge is 0.378 e. The standard InChI is InChI=1S/C6H11NO/c8-6-5-1-3-7(6)4-2-5/h5-6,8H,1-4H2. The summed E-state index contributed by atoms with van der Waals surface area (Å²) in [4.78, 5) is 2.16. The first-order chi connectivity index (χ1) is 3.88. The van der Waals surface area contributed by atoms with Crippen molar-refractivity contribution in [3.8, 4) is 0 Å². The van der Waals surface area contributed by atoms with Crippen LogP contribution in [0.1, 0.15) is 12.8 Å². The molecule has 0 aromatic rings. The molecule has 8 heavy (non-hydrogen) atoms. The molecule has 2 aliphatic rings. The van der Waals surface area contributed by atoms with Crippen LogP contribution in [0.25, 0.3) is 0 Å². The van der Waals surface area contributed by atoms with E-state index in [1.165, 1.54) is 12.8 Å². The van der Waals surface area contributed by atoms with Crippen molar-refractivity contribution in [2.45, 2.75) is 19.1 Å². The number of fused-ring (bicyclic) bond motifs is 2. The van der Waals surface area contributed by atoms with Crippen molar-refractivity contribution in [1.82, 2.24) is 4.90 Å². The van der Waals surface area contributed by atoms with Crippen LogP contribution in [0.4, 0.5) is 0 Å². The SMILES string of the molecule is OC1C2CCN1CC2. The van der Waals surface area contributed by atoms with Crippen molar-refractivity contribution < 1.29 is 5.11 Å². The van der Waals surface area contributed by atoms with Gasteiger partial charge in [0.1, 0.15) is 6.23 Å². The van der Waals surface area contributed by atoms with Crippen LogP contribution < -0.4 is 0 Å². The highest BCUT2D eigenvalue weighted by molar-refractivity contribution is 4.86. The molecule has 2 aliphatic heterocycles. The Hall–Kier alpha value is -0.0800. The zero-order valence-corrected chi connectivity index (χ0v) is 4.88. The second kappa shape index (κ2) is 1.45. The molecule has 0 aliphatic carbocycles. The summed E-state index contributed by atoms with van der Waals surface area (Å²) in [5.41, 5.74) is 0. The molecule has 1 unspecified atom stereocenters. The van der Waals surface area contributed by atoms with Gasteiger partial charge in [-0.2, -0.15) is 0 Å². The van der Waals surface area contributed by atoms with Gasteiger partial charge in [0.05, 0.1) is 0 Å². The molecule has 0 aromatic carbocycles. The van der Waals surface area contributed by atoms with E-state index in [-0.39, 0.29) is 6.23 Å². The van der Waals surface area contributed by atoms with Crippen molar-refractivity contribution in [1.29, 1.82) is 0 Å². The molecule has 0 saturated carbocycles. The highest BCUT2D eigenvalue weighted by Gasteiger charge is 2.37. The van der Waals surface area contributed by atoms with E-state index in [1.54, 1.807) is 0 Å². The number of aliphatic hydroxyl groups excluding tert-OH is 1. The third kappa shape index (κ3) is 0.446. The summed E-state index contributed by atoms with van der Waals surface area (Å²) >= 11 is 0. The summed E-state index contributed by atoms with van der Waals surface area (Å²) in [6, 6.07) is 0. The fourth-order valence-electron chi connectivity index (χ4n) is 1.78. The van der Waals surface area contributed by atoms with E-state index in [2.05, 4.69) is 4.90 Å². The van der Waals surface area contributed by atoms with E-state index in [1.807, 2.05) is 0 Å². The Balaban J connectivity index is 2.16. The Kier molecular flexibility index (Phi) is 0.866. The number of rotatable bonds is 0. The minimum absolute atomic E-state index is 0.0741. The average molecular weight is 113 g/mol. The molecule has 0 aromatic heterocycles. The normalized spacial score (nSPS) is 52.9. The summed E-state index contributed by atoms with van der Waals surface area (Å²) in [7, 11) is 0. The topological polar surface area (TPSA) is 23.5 Å². The quantitative estimate of drug-likeness (QED) is 0.479. The Labute approximate surface area is 49.1 Å². The van der Waals surface area contributed by atoms with Gasteiger partial charge in [0.15, 0.2) is 0 Å². The van der Waals surface area contributed by atoms with Gasteiger partial charge in [0.2, 0.25) is 0 Å². The molecule has 1 N–H and O–H groups in total. The molecule has 2 rings (SSSR count). The zero-order chi connectivity index (χ0) is 5.56. The molecule has 1 atom stereocenters. The molecule has 0 radical (unpaired) electrons. The Morgan fingerprint density at radius 1 is 1.25 bits per heavy atom. The van der Waals surface area contributed by atoms with Crippen molar-refractivity contribution in [2.24, 2.45) is 5.92 Å². The van der Waals surface area contributed by atoms with E-state index in [0.717, 1.165) is 13.1 Å². The van der Waals surface area contributed by atoms with Crippen LogP contribution in [0.5, 0.6) is 0 Å². The van der Waals surface area contributed by atoms with E-state index >= 15 is 0 Å². The van der Waals surface area contributed by atoms with E-state index in [4.69, 9.17) is 0 Å². The highest BCUT2D eigenvalue weighted by Crippen LogP contribution is 2.32. The highest BCUT2D eigenvalue weighted by atomic mass is 16.3. The first-order valence-electron chi connectivity index (χ1n) is 3.30. The molecule has 2 heteroatoms. The smallest absolute Gasteiger partial charge is 0.110 e. The number of aliphatic hydroxyl groups is 1. The Morgan fingerprint density at radius 3 is 2.00 bits per heavy atom. The summed E-state index contributed by atoms with van der Waals surface area (Å²) in [5, 5.41) is 9.25. The van der Waals surface area contributed by atoms with Gasteiger partial charge < -0.3 is 5.11 Å². The maximum Gasteiger partial charge on any atom is 0.110 e. The third-order valence-corrected chi connectivity index (χ3v) is 2.37. The van der Waals surface area contributed by atoms with Crippen LogP contribution in [0.2, 0.25) is 0 Å². The molecular formula is C6H11NO. The van der Waals surface area contributed by atoms with Gasteiger partial charge in [-0.15, -0.1) is 0 Å². The lowest BCUT2D eigenvalue weighted by Crippen LogP contribution is -2.24. The van der Waals surface area contributed by atoms with Gasteiger partial charge in [-0.25, -0.2) is 0 Å². The van der Waals surface area contributed by atoms with Crippen molar-refractivity contribution >= 4 is 0 Å². The number of hydrogen-bond acceptors (Lipinski definition) is 2. The third-order valence-electron chi connectivity index (χ3n) is 2.37. The second-order valence-electron chi connectivity index (χ2n) is 2.79. The summed E-state index contributed by atoms with van der Waals surface area (Å²) < 4.78 is 0. The lowest BCUT2D eigenvalue weighted by molar-refractivity contribution is 0.0526. The summed E-state index contributed by atoms with van der Waals surface area (Å²) in [6.07, 6.45) is 2.37. The van der Waals surface area contributed by atoms with Gasteiger partial charge in [0.25, 0.3) is 0 Å². The average Bonchev–Trinajstić information content (AvgIpc) is 2.29. The van der Waals surface area contributed by atoms with Gasteiger partial charge in [-0.3, -0.25) is 4.90 Å². The van der Waals surface area contributed by atoms with Crippen molar-refractivity contribution in [3.63, 3.8) is 0 Å². The summed E-state index contributed by atoms with van der Waals surface area (Å²) in [5.74, 6) is 0.620. The zero-order valence-electron chi connectivity index (χ0n) is 4.88. The maximum atomic E-state index is 9.25. The molecule has 0 spiro atoms. The first-order valence-corrected chi connectivity index (χ1v) is 3.30. The molecule has 2 nitrogen and oxygen atoms in total. The fraction of sp³-hybridized carbons (Fsp3) is 1.00. The number of hydrogen-bond donors (Lipinski definition) is 1. The minimum Gasteiger partial charge on any atom is -0.378 e. The van der Waals surface area contributed by atoms with Crippen LogP contribution in [0.3, 0.4) is 0 Å². The van der Waals surface area contributed by atoms with Crippen molar-refractivity contribution in [2.75, 3.05) is 13.1 Å². The molecule has 2 saturated heterocycles. The second-order valence-corrected chi connectivity index (χ2v) is 2.79. The molecular weight excluding hydrogens is 102 g/mol. The van der Waals surface area contributed by atoms with Gasteiger partial charge in [-0.1, -0.05) is 0 Å². The van der Waals surface area contributed by atoms with E-state index in [9.17, 15) is 5.11 Å².